The molecule has 1 unspecified atom stereocenters. The van der Waals surface area contributed by atoms with Crippen molar-refractivity contribution in [2.24, 2.45) is 5.73 Å². The average Bonchev–Trinajstić information content (AvgIpc) is 2.66. The third kappa shape index (κ3) is 3.73. The van der Waals surface area contributed by atoms with E-state index in [1.807, 2.05) is 6.92 Å². The minimum atomic E-state index is -4.40. The lowest BCUT2D eigenvalue weighted by molar-refractivity contribution is -0.137. The van der Waals surface area contributed by atoms with Crippen molar-refractivity contribution in [3.8, 4) is 0 Å². The minimum Gasteiger partial charge on any atom is -0.379 e. The molecule has 0 aromatic carbocycles. The molecule has 0 aliphatic rings. The van der Waals surface area contributed by atoms with Crippen LogP contribution < -0.4 is 5.73 Å². The zero-order valence-corrected chi connectivity index (χ0v) is 9.57. The highest BCUT2D eigenvalue weighted by Crippen LogP contribution is 2.33. The van der Waals surface area contributed by atoms with E-state index < -0.39 is 17.2 Å². The van der Waals surface area contributed by atoms with Crippen LogP contribution in [0.5, 0.6) is 0 Å². The van der Waals surface area contributed by atoms with Gasteiger partial charge in [0.1, 0.15) is 0 Å². The van der Waals surface area contributed by atoms with Gasteiger partial charge in [0.25, 0.3) is 0 Å². The SMILES string of the molecule is CCCOCC(N)c1cnc(C(F)(F)F)s1. The van der Waals surface area contributed by atoms with Gasteiger partial charge in [0.15, 0.2) is 5.01 Å². The van der Waals surface area contributed by atoms with E-state index in [0.717, 1.165) is 12.6 Å². The summed E-state index contributed by atoms with van der Waals surface area (Å²) in [5.41, 5.74) is 5.67. The molecule has 2 N–H and O–H groups in total. The Morgan fingerprint density at radius 2 is 2.25 bits per heavy atom. The Morgan fingerprint density at radius 1 is 1.56 bits per heavy atom. The standard InChI is InChI=1S/C9H13F3N2OS/c1-2-3-15-5-6(13)7-4-14-8(16-7)9(10,11)12/h4,6H,2-3,5,13H2,1H3. The molecule has 0 saturated carbocycles. The maximum atomic E-state index is 12.2. The molecule has 1 atom stereocenters. The Kier molecular flexibility index (Phi) is 4.69. The zero-order valence-electron chi connectivity index (χ0n) is 8.75. The Balaban J connectivity index is 2.56. The van der Waals surface area contributed by atoms with Gasteiger partial charge in [0.2, 0.25) is 0 Å². The number of aromatic nitrogens is 1. The van der Waals surface area contributed by atoms with Crippen LogP contribution in [0.4, 0.5) is 13.2 Å². The fourth-order valence-electron chi connectivity index (χ4n) is 1.03. The molecule has 0 aliphatic carbocycles. The fourth-order valence-corrected chi connectivity index (χ4v) is 1.80. The van der Waals surface area contributed by atoms with Crippen molar-refractivity contribution in [2.75, 3.05) is 13.2 Å². The number of thiazole rings is 1. The quantitative estimate of drug-likeness (QED) is 0.821. The lowest BCUT2D eigenvalue weighted by Gasteiger charge is -2.08. The van der Waals surface area contributed by atoms with Crippen LogP contribution in [0.3, 0.4) is 0 Å². The zero-order chi connectivity index (χ0) is 12.2. The van der Waals surface area contributed by atoms with Crippen LogP contribution in [0, 0.1) is 0 Å². The number of nitrogens with two attached hydrogens (primary N) is 1. The summed E-state index contributed by atoms with van der Waals surface area (Å²) in [5, 5.41) is -0.867. The van der Waals surface area contributed by atoms with Gasteiger partial charge in [0, 0.05) is 17.7 Å². The summed E-state index contributed by atoms with van der Waals surface area (Å²) >= 11 is 0.565. The number of ether oxygens (including phenoxy) is 1. The first-order valence-electron chi connectivity index (χ1n) is 4.81. The maximum absolute atomic E-state index is 12.2. The normalized spacial score (nSPS) is 14.1. The van der Waals surface area contributed by atoms with Crippen molar-refractivity contribution in [3.05, 3.63) is 16.1 Å². The van der Waals surface area contributed by atoms with Crippen molar-refractivity contribution in [3.63, 3.8) is 0 Å². The highest BCUT2D eigenvalue weighted by molar-refractivity contribution is 7.11. The largest absolute Gasteiger partial charge is 0.443 e. The minimum absolute atomic E-state index is 0.216. The Hall–Kier alpha value is -0.660. The Morgan fingerprint density at radius 3 is 2.75 bits per heavy atom. The highest BCUT2D eigenvalue weighted by Gasteiger charge is 2.35. The molecule has 1 heterocycles. The molecular weight excluding hydrogens is 241 g/mol. The molecule has 92 valence electrons. The van der Waals surface area contributed by atoms with Crippen molar-refractivity contribution in [1.82, 2.24) is 4.98 Å². The molecule has 3 nitrogen and oxygen atoms in total. The number of hydrogen-bond donors (Lipinski definition) is 1. The smallest absolute Gasteiger partial charge is 0.379 e. The number of rotatable bonds is 5. The summed E-state index contributed by atoms with van der Waals surface area (Å²) in [6.07, 6.45) is -2.39. The predicted octanol–water partition coefficient (Wildman–Crippen LogP) is 2.59. The summed E-state index contributed by atoms with van der Waals surface area (Å²) in [6.45, 7) is 2.71. The van der Waals surface area contributed by atoms with Crippen LogP contribution in [0.25, 0.3) is 0 Å². The van der Waals surface area contributed by atoms with Crippen LogP contribution >= 0.6 is 11.3 Å². The van der Waals surface area contributed by atoms with Crippen LogP contribution in [0.2, 0.25) is 0 Å². The number of hydrogen-bond acceptors (Lipinski definition) is 4. The van der Waals surface area contributed by atoms with Crippen LogP contribution in [-0.4, -0.2) is 18.2 Å². The second-order valence-corrected chi connectivity index (χ2v) is 4.31. The highest BCUT2D eigenvalue weighted by atomic mass is 32.1. The molecule has 0 amide bonds. The van der Waals surface area contributed by atoms with Gasteiger partial charge in [-0.15, -0.1) is 11.3 Å². The topological polar surface area (TPSA) is 48.1 Å². The molecule has 7 heteroatoms. The van der Waals surface area contributed by atoms with Gasteiger partial charge in [0.05, 0.1) is 12.6 Å². The maximum Gasteiger partial charge on any atom is 0.443 e. The molecular formula is C9H13F3N2OS. The van der Waals surface area contributed by atoms with Gasteiger partial charge in [-0.05, 0) is 6.42 Å². The molecule has 0 saturated heterocycles. The van der Waals surface area contributed by atoms with Crippen molar-refractivity contribution in [1.29, 1.82) is 0 Å². The summed E-state index contributed by atoms with van der Waals surface area (Å²) < 4.78 is 41.9. The first kappa shape index (κ1) is 13.4. The van der Waals surface area contributed by atoms with Crippen molar-refractivity contribution < 1.29 is 17.9 Å². The summed E-state index contributed by atoms with van der Waals surface area (Å²) in [5.74, 6) is 0. The lowest BCUT2D eigenvalue weighted by Crippen LogP contribution is -2.16. The lowest BCUT2D eigenvalue weighted by atomic mass is 10.3. The molecule has 1 rings (SSSR count). The molecule has 16 heavy (non-hydrogen) atoms. The van der Waals surface area contributed by atoms with Gasteiger partial charge >= 0.3 is 6.18 Å². The first-order valence-corrected chi connectivity index (χ1v) is 5.63. The second kappa shape index (κ2) is 5.60. The van der Waals surface area contributed by atoms with Gasteiger partial charge in [-0.25, -0.2) is 4.98 Å². The predicted molar refractivity (Wildman–Crippen MR) is 55.2 cm³/mol. The van der Waals surface area contributed by atoms with E-state index in [9.17, 15) is 13.2 Å². The van der Waals surface area contributed by atoms with E-state index in [-0.39, 0.29) is 6.61 Å². The van der Waals surface area contributed by atoms with Gasteiger partial charge < -0.3 is 10.5 Å². The van der Waals surface area contributed by atoms with E-state index in [1.54, 1.807) is 0 Å². The first-order chi connectivity index (χ1) is 7.45. The number of nitrogens with zero attached hydrogens (tertiary/aromatic N) is 1. The van der Waals surface area contributed by atoms with E-state index >= 15 is 0 Å². The van der Waals surface area contributed by atoms with E-state index in [4.69, 9.17) is 10.5 Å². The van der Waals surface area contributed by atoms with E-state index in [0.29, 0.717) is 22.8 Å². The third-order valence-electron chi connectivity index (χ3n) is 1.78. The summed E-state index contributed by atoms with van der Waals surface area (Å²) in [4.78, 5) is 3.69. The third-order valence-corrected chi connectivity index (χ3v) is 2.95. The molecule has 0 spiro atoms. The average molecular weight is 254 g/mol. The van der Waals surface area contributed by atoms with E-state index in [2.05, 4.69) is 4.98 Å². The number of alkyl halides is 3. The van der Waals surface area contributed by atoms with Gasteiger partial charge in [-0.1, -0.05) is 6.92 Å². The molecule has 0 radical (unpaired) electrons. The molecule has 0 bridgehead atoms. The van der Waals surface area contributed by atoms with Crippen molar-refractivity contribution >= 4 is 11.3 Å². The Labute approximate surface area is 95.4 Å². The second-order valence-electron chi connectivity index (χ2n) is 3.25. The van der Waals surface area contributed by atoms with E-state index in [1.165, 1.54) is 0 Å². The van der Waals surface area contributed by atoms with Gasteiger partial charge in [-0.2, -0.15) is 13.2 Å². The molecule has 0 fully saturated rings. The molecule has 0 aliphatic heterocycles. The number of halogens is 3. The van der Waals surface area contributed by atoms with Crippen LogP contribution in [0.15, 0.2) is 6.20 Å². The van der Waals surface area contributed by atoms with Gasteiger partial charge in [-0.3, -0.25) is 0 Å². The van der Waals surface area contributed by atoms with Crippen LogP contribution in [0.1, 0.15) is 29.3 Å². The monoisotopic (exact) mass is 254 g/mol. The van der Waals surface area contributed by atoms with Crippen LogP contribution in [-0.2, 0) is 10.9 Å². The summed E-state index contributed by atoms with van der Waals surface area (Å²) in [6, 6.07) is -0.542. The Bertz CT molecular complexity index is 327. The molecule has 1 aromatic rings. The summed E-state index contributed by atoms with van der Waals surface area (Å²) in [7, 11) is 0. The molecule has 1 aromatic heterocycles. The fraction of sp³-hybridized carbons (Fsp3) is 0.667. The van der Waals surface area contributed by atoms with Crippen molar-refractivity contribution in [2.45, 2.75) is 25.6 Å².